The maximum atomic E-state index is 8.34. The number of hydrogen-bond acceptors (Lipinski definition) is 3. The van der Waals surface area contributed by atoms with E-state index in [1.807, 2.05) is 26.0 Å². The van der Waals surface area contributed by atoms with Crippen LogP contribution in [0.1, 0.15) is 26.5 Å². The minimum Gasteiger partial charge on any atom is -0.411 e. The van der Waals surface area contributed by atoms with E-state index < -0.39 is 0 Å². The molecule has 0 amide bonds. The number of nitrogens with zero attached hydrogens (tertiary/aromatic N) is 2. The highest BCUT2D eigenvalue weighted by Gasteiger charge is 1.94. The second kappa shape index (κ2) is 6.34. The molecule has 0 saturated heterocycles. The van der Waals surface area contributed by atoms with E-state index in [0.29, 0.717) is 11.4 Å². The van der Waals surface area contributed by atoms with Gasteiger partial charge in [-0.15, -0.1) is 0 Å². The molecule has 0 aromatic carbocycles. The molecule has 0 radical (unpaired) electrons. The largest absolute Gasteiger partial charge is 0.411 e. The van der Waals surface area contributed by atoms with Crippen LogP contribution in [0.4, 0.5) is 0 Å². The first-order valence-corrected chi connectivity index (χ1v) is 3.94. The molecule has 0 aliphatic heterocycles. The lowest BCUT2D eigenvalue weighted by atomic mass is 10.3. The van der Waals surface area contributed by atoms with E-state index in [4.69, 9.17) is 5.21 Å². The lowest BCUT2D eigenvalue weighted by molar-refractivity contribution is 0.319. The van der Waals surface area contributed by atoms with Gasteiger partial charge in [0, 0.05) is 6.20 Å². The van der Waals surface area contributed by atoms with Crippen molar-refractivity contribution in [3.8, 4) is 0 Å². The highest BCUT2D eigenvalue weighted by atomic mass is 16.4. The third-order valence-electron chi connectivity index (χ3n) is 1.19. The van der Waals surface area contributed by atoms with E-state index in [2.05, 4.69) is 10.1 Å². The van der Waals surface area contributed by atoms with Crippen LogP contribution in [-0.2, 0) is 0 Å². The van der Waals surface area contributed by atoms with Gasteiger partial charge in [0.1, 0.15) is 5.71 Å². The van der Waals surface area contributed by atoms with E-state index >= 15 is 0 Å². The topological polar surface area (TPSA) is 45.5 Å². The monoisotopic (exact) mass is 166 g/mol. The minimum atomic E-state index is 0.528. The number of hydrogen-bond donors (Lipinski definition) is 1. The third-order valence-corrected chi connectivity index (χ3v) is 1.19. The number of rotatable bonds is 1. The molecular weight excluding hydrogens is 152 g/mol. The van der Waals surface area contributed by atoms with Crippen LogP contribution in [0.5, 0.6) is 0 Å². The van der Waals surface area contributed by atoms with Crippen molar-refractivity contribution < 1.29 is 5.21 Å². The van der Waals surface area contributed by atoms with Gasteiger partial charge in [-0.1, -0.05) is 25.1 Å². The van der Waals surface area contributed by atoms with Gasteiger partial charge in [0.15, 0.2) is 0 Å². The normalized spacial score (nSPS) is 10.1. The highest BCUT2D eigenvalue weighted by molar-refractivity contribution is 5.96. The number of pyridine rings is 1. The van der Waals surface area contributed by atoms with Crippen molar-refractivity contribution in [1.29, 1.82) is 0 Å². The van der Waals surface area contributed by atoms with Crippen molar-refractivity contribution in [2.24, 2.45) is 5.16 Å². The van der Waals surface area contributed by atoms with E-state index in [1.54, 1.807) is 19.2 Å². The van der Waals surface area contributed by atoms with Gasteiger partial charge in [-0.05, 0) is 19.1 Å². The standard InChI is InChI=1S/C7H8N2O.C2H6/c1-6(9-10)7-4-2-3-5-8-7;1-2/h2-5,10H,1H3;1-2H3/b9-6+;. The van der Waals surface area contributed by atoms with Gasteiger partial charge in [-0.2, -0.15) is 0 Å². The van der Waals surface area contributed by atoms with Crippen molar-refractivity contribution in [3.05, 3.63) is 30.1 Å². The Hall–Kier alpha value is -1.38. The molecule has 0 bridgehead atoms. The summed E-state index contributed by atoms with van der Waals surface area (Å²) in [6.45, 7) is 5.70. The second-order valence-corrected chi connectivity index (χ2v) is 1.90. The molecule has 12 heavy (non-hydrogen) atoms. The van der Waals surface area contributed by atoms with E-state index in [0.717, 1.165) is 0 Å². The maximum absolute atomic E-state index is 8.34. The van der Waals surface area contributed by atoms with E-state index in [-0.39, 0.29) is 0 Å². The van der Waals surface area contributed by atoms with Gasteiger partial charge in [0.25, 0.3) is 0 Å². The van der Waals surface area contributed by atoms with Crippen LogP contribution < -0.4 is 0 Å². The fourth-order valence-electron chi connectivity index (χ4n) is 0.628. The Bertz CT molecular complexity index is 232. The number of oxime groups is 1. The van der Waals surface area contributed by atoms with E-state index in [1.165, 1.54) is 0 Å². The Morgan fingerprint density at radius 2 is 2.08 bits per heavy atom. The van der Waals surface area contributed by atoms with Crippen LogP contribution in [0.3, 0.4) is 0 Å². The molecule has 3 nitrogen and oxygen atoms in total. The van der Waals surface area contributed by atoms with Crippen LogP contribution in [-0.4, -0.2) is 15.9 Å². The Balaban J connectivity index is 0.000000561. The predicted molar refractivity (Wildman–Crippen MR) is 49.6 cm³/mol. The molecule has 1 N–H and O–H groups in total. The van der Waals surface area contributed by atoms with E-state index in [9.17, 15) is 0 Å². The molecule has 1 rings (SSSR count). The fraction of sp³-hybridized carbons (Fsp3) is 0.333. The lowest BCUT2D eigenvalue weighted by Gasteiger charge is -1.93. The van der Waals surface area contributed by atoms with Gasteiger partial charge in [-0.25, -0.2) is 0 Å². The first-order chi connectivity index (χ1) is 5.84. The average molecular weight is 166 g/mol. The first-order valence-electron chi connectivity index (χ1n) is 3.94. The second-order valence-electron chi connectivity index (χ2n) is 1.90. The summed E-state index contributed by atoms with van der Waals surface area (Å²) >= 11 is 0. The Kier molecular flexibility index (Phi) is 5.61. The zero-order valence-electron chi connectivity index (χ0n) is 7.65. The van der Waals surface area contributed by atoms with Gasteiger partial charge >= 0.3 is 0 Å². The van der Waals surface area contributed by atoms with Crippen LogP contribution >= 0.6 is 0 Å². The molecule has 0 fully saturated rings. The molecule has 1 aromatic rings. The van der Waals surface area contributed by atoms with Gasteiger partial charge in [-0.3, -0.25) is 4.98 Å². The quantitative estimate of drug-likeness (QED) is 0.395. The molecule has 66 valence electrons. The summed E-state index contributed by atoms with van der Waals surface area (Å²) in [5, 5.41) is 11.3. The summed E-state index contributed by atoms with van der Waals surface area (Å²) in [6.07, 6.45) is 1.66. The molecule has 0 unspecified atom stereocenters. The van der Waals surface area contributed by atoms with Crippen molar-refractivity contribution in [2.75, 3.05) is 0 Å². The molecule has 1 heterocycles. The predicted octanol–water partition coefficient (Wildman–Crippen LogP) is 2.31. The molecule has 0 aliphatic rings. The molecule has 1 aromatic heterocycles. The van der Waals surface area contributed by atoms with Crippen LogP contribution in [0.25, 0.3) is 0 Å². The third kappa shape index (κ3) is 3.14. The molecule has 0 atom stereocenters. The zero-order chi connectivity index (χ0) is 9.40. The molecule has 0 saturated carbocycles. The Labute approximate surface area is 72.8 Å². The van der Waals surface area contributed by atoms with Crippen LogP contribution in [0, 0.1) is 0 Å². The molecule has 3 heteroatoms. The Morgan fingerprint density at radius 3 is 2.50 bits per heavy atom. The first kappa shape index (κ1) is 10.6. The van der Waals surface area contributed by atoms with Crippen molar-refractivity contribution in [3.63, 3.8) is 0 Å². The summed E-state index contributed by atoms with van der Waals surface area (Å²) in [5.41, 5.74) is 1.23. The maximum Gasteiger partial charge on any atom is 0.102 e. The van der Waals surface area contributed by atoms with Gasteiger partial charge in [0.05, 0.1) is 5.69 Å². The molecular formula is C9H14N2O. The van der Waals surface area contributed by atoms with Crippen LogP contribution in [0.2, 0.25) is 0 Å². The minimum absolute atomic E-state index is 0.528. The van der Waals surface area contributed by atoms with Crippen molar-refractivity contribution in [1.82, 2.24) is 4.98 Å². The summed E-state index contributed by atoms with van der Waals surface area (Å²) in [5.74, 6) is 0. The number of aromatic nitrogens is 1. The summed E-state index contributed by atoms with van der Waals surface area (Å²) in [4.78, 5) is 3.96. The molecule has 0 aliphatic carbocycles. The average Bonchev–Trinajstić information content (AvgIpc) is 2.21. The molecule has 0 spiro atoms. The van der Waals surface area contributed by atoms with Gasteiger partial charge < -0.3 is 5.21 Å². The summed E-state index contributed by atoms with van der Waals surface area (Å²) < 4.78 is 0. The van der Waals surface area contributed by atoms with Crippen molar-refractivity contribution in [2.45, 2.75) is 20.8 Å². The fourth-order valence-corrected chi connectivity index (χ4v) is 0.628. The van der Waals surface area contributed by atoms with Crippen LogP contribution in [0.15, 0.2) is 29.6 Å². The smallest absolute Gasteiger partial charge is 0.102 e. The summed E-state index contributed by atoms with van der Waals surface area (Å²) in [6, 6.07) is 5.44. The van der Waals surface area contributed by atoms with Gasteiger partial charge in [0.2, 0.25) is 0 Å². The highest BCUT2D eigenvalue weighted by Crippen LogP contribution is 1.94. The zero-order valence-corrected chi connectivity index (χ0v) is 7.65. The lowest BCUT2D eigenvalue weighted by Crippen LogP contribution is -1.96. The summed E-state index contributed by atoms with van der Waals surface area (Å²) in [7, 11) is 0. The Morgan fingerprint density at radius 1 is 1.42 bits per heavy atom. The van der Waals surface area contributed by atoms with Crippen molar-refractivity contribution >= 4 is 5.71 Å². The SMILES string of the molecule is C/C(=N\O)c1ccccn1.CC.